The van der Waals surface area contributed by atoms with Crippen molar-refractivity contribution in [3.05, 3.63) is 65.2 Å². The van der Waals surface area contributed by atoms with Crippen molar-refractivity contribution < 1.29 is 33.7 Å². The van der Waals surface area contributed by atoms with Gasteiger partial charge in [-0.1, -0.05) is 26.0 Å². The fourth-order valence-corrected chi connectivity index (χ4v) is 3.85. The van der Waals surface area contributed by atoms with E-state index in [0.717, 1.165) is 0 Å². The maximum Gasteiger partial charge on any atom is 0.308 e. The smallest absolute Gasteiger partial charge is 0.308 e. The molecule has 1 atom stereocenters. The van der Waals surface area contributed by atoms with Crippen LogP contribution in [0.5, 0.6) is 11.5 Å². The van der Waals surface area contributed by atoms with E-state index in [9.17, 15) is 19.5 Å². The minimum Gasteiger partial charge on any atom is -0.507 e. The van der Waals surface area contributed by atoms with Crippen molar-refractivity contribution in [1.29, 1.82) is 0 Å². The summed E-state index contributed by atoms with van der Waals surface area (Å²) in [5.74, 6) is -0.805. The molecular weight excluding hydrogens is 450 g/mol. The largest absolute Gasteiger partial charge is 0.507 e. The maximum absolute atomic E-state index is 13.1. The number of esters is 1. The predicted molar refractivity (Wildman–Crippen MR) is 130 cm³/mol. The zero-order valence-electron chi connectivity index (χ0n) is 20.4. The molecule has 8 nitrogen and oxygen atoms in total. The second kappa shape index (κ2) is 11.7. The van der Waals surface area contributed by atoms with Crippen molar-refractivity contribution in [2.24, 2.45) is 5.92 Å². The summed E-state index contributed by atoms with van der Waals surface area (Å²) < 4.78 is 15.9. The van der Waals surface area contributed by atoms with E-state index in [0.29, 0.717) is 48.2 Å². The first-order valence-corrected chi connectivity index (χ1v) is 11.5. The van der Waals surface area contributed by atoms with Crippen molar-refractivity contribution in [1.82, 2.24) is 4.90 Å². The Kier molecular flexibility index (Phi) is 8.65. The molecule has 1 aliphatic heterocycles. The quantitative estimate of drug-likeness (QED) is 0.136. The Labute approximate surface area is 205 Å². The normalized spacial score (nSPS) is 17.2. The van der Waals surface area contributed by atoms with Gasteiger partial charge in [0.05, 0.1) is 18.2 Å². The van der Waals surface area contributed by atoms with E-state index < -0.39 is 23.7 Å². The number of likely N-dealkylation sites (tertiary alicyclic amines) is 1. The van der Waals surface area contributed by atoms with Crippen LogP contribution < -0.4 is 9.47 Å². The molecule has 1 aliphatic rings. The van der Waals surface area contributed by atoms with E-state index >= 15 is 0 Å². The summed E-state index contributed by atoms with van der Waals surface area (Å²) in [6.45, 7) is 6.64. The van der Waals surface area contributed by atoms with Crippen molar-refractivity contribution in [3.8, 4) is 11.5 Å². The molecule has 1 fully saturated rings. The molecule has 186 valence electrons. The Morgan fingerprint density at radius 1 is 1.03 bits per heavy atom. The summed E-state index contributed by atoms with van der Waals surface area (Å²) >= 11 is 0. The number of hydrogen-bond donors (Lipinski definition) is 1. The number of benzene rings is 2. The highest BCUT2D eigenvalue weighted by Crippen LogP contribution is 2.40. The summed E-state index contributed by atoms with van der Waals surface area (Å²) in [6, 6.07) is 12.5. The van der Waals surface area contributed by atoms with E-state index in [1.165, 1.54) is 11.8 Å². The highest BCUT2D eigenvalue weighted by Gasteiger charge is 2.45. The number of methoxy groups -OCH3 is 1. The number of carbonyl (C=O) groups excluding carboxylic acids is 3. The first kappa shape index (κ1) is 26.0. The molecule has 3 rings (SSSR count). The molecule has 0 aliphatic carbocycles. The van der Waals surface area contributed by atoms with E-state index in [-0.39, 0.29) is 17.9 Å². The second-order valence-electron chi connectivity index (χ2n) is 8.73. The highest BCUT2D eigenvalue weighted by atomic mass is 16.5. The number of ketones is 1. The molecule has 0 aromatic heterocycles. The fraction of sp³-hybridized carbons (Fsp3) is 0.370. The highest BCUT2D eigenvalue weighted by molar-refractivity contribution is 6.46. The van der Waals surface area contributed by atoms with E-state index in [4.69, 9.17) is 14.2 Å². The Hall–Kier alpha value is -3.65. The molecule has 0 spiro atoms. The number of ether oxygens (including phenoxy) is 3. The van der Waals surface area contributed by atoms with Gasteiger partial charge in [-0.25, -0.2) is 0 Å². The molecule has 2 aromatic carbocycles. The third kappa shape index (κ3) is 6.27. The van der Waals surface area contributed by atoms with Gasteiger partial charge in [-0.3, -0.25) is 14.4 Å². The van der Waals surface area contributed by atoms with Crippen LogP contribution in [-0.4, -0.2) is 54.5 Å². The number of rotatable bonds is 10. The molecular formula is C27H31NO7. The van der Waals surface area contributed by atoms with Crippen LogP contribution in [0.3, 0.4) is 0 Å². The van der Waals surface area contributed by atoms with Gasteiger partial charge in [-0.2, -0.15) is 0 Å². The SMILES string of the molecule is COCCCN1C(=O)C(=O)/C(=C(\O)c2ccc(OCC(C)C)cc2)C1c1ccc(OC(C)=O)cc1. The lowest BCUT2D eigenvalue weighted by atomic mass is 9.95. The molecule has 1 unspecified atom stereocenters. The van der Waals surface area contributed by atoms with Crippen molar-refractivity contribution in [3.63, 3.8) is 0 Å². The minimum atomic E-state index is -0.796. The van der Waals surface area contributed by atoms with E-state index in [1.54, 1.807) is 55.6 Å². The van der Waals surface area contributed by atoms with Crippen LogP contribution in [-0.2, 0) is 19.1 Å². The molecule has 8 heteroatoms. The lowest BCUT2D eigenvalue weighted by Gasteiger charge is -2.25. The zero-order valence-corrected chi connectivity index (χ0v) is 20.4. The Morgan fingerprint density at radius 2 is 1.66 bits per heavy atom. The van der Waals surface area contributed by atoms with Gasteiger partial charge < -0.3 is 24.2 Å². The third-order valence-electron chi connectivity index (χ3n) is 5.46. The van der Waals surface area contributed by atoms with Crippen LogP contribution in [0.2, 0.25) is 0 Å². The average molecular weight is 482 g/mol. The topological polar surface area (TPSA) is 102 Å². The van der Waals surface area contributed by atoms with Gasteiger partial charge >= 0.3 is 5.97 Å². The molecule has 1 heterocycles. The number of Topliss-reactive ketones (excluding diaryl/α,β-unsaturated/α-hetero) is 1. The molecule has 35 heavy (non-hydrogen) atoms. The van der Waals surface area contributed by atoms with Gasteiger partial charge in [-0.15, -0.1) is 0 Å². The van der Waals surface area contributed by atoms with Crippen LogP contribution in [0.15, 0.2) is 54.1 Å². The van der Waals surface area contributed by atoms with Gasteiger partial charge in [0.25, 0.3) is 11.7 Å². The van der Waals surface area contributed by atoms with Crippen LogP contribution in [0.1, 0.15) is 44.4 Å². The minimum absolute atomic E-state index is 0.00324. The molecule has 0 saturated carbocycles. The molecule has 1 saturated heterocycles. The molecule has 1 amide bonds. The van der Waals surface area contributed by atoms with Crippen LogP contribution in [0.25, 0.3) is 5.76 Å². The third-order valence-corrected chi connectivity index (χ3v) is 5.46. The monoisotopic (exact) mass is 481 g/mol. The molecule has 0 radical (unpaired) electrons. The van der Waals surface area contributed by atoms with Crippen LogP contribution in [0.4, 0.5) is 0 Å². The Balaban J connectivity index is 2.00. The molecule has 0 bridgehead atoms. The van der Waals surface area contributed by atoms with Gasteiger partial charge in [0.2, 0.25) is 0 Å². The molecule has 1 N–H and O–H groups in total. The Morgan fingerprint density at radius 3 is 2.23 bits per heavy atom. The second-order valence-corrected chi connectivity index (χ2v) is 8.73. The van der Waals surface area contributed by atoms with E-state index in [2.05, 4.69) is 0 Å². The standard InChI is InChI=1S/C27H31NO7/c1-17(2)16-34-21-10-8-20(9-11-21)25(30)23-24(19-6-12-22(13-7-19)35-18(3)29)28(14-5-15-33-4)27(32)26(23)31/h6-13,17,24,30H,5,14-16H2,1-4H3/b25-23-. The van der Waals surface area contributed by atoms with Gasteiger partial charge in [0.15, 0.2) is 0 Å². The van der Waals surface area contributed by atoms with E-state index in [1.807, 2.05) is 13.8 Å². The molecule has 2 aromatic rings. The predicted octanol–water partition coefficient (Wildman–Crippen LogP) is 4.10. The van der Waals surface area contributed by atoms with Gasteiger partial charge in [0, 0.05) is 32.7 Å². The number of amides is 1. The van der Waals surface area contributed by atoms with Crippen molar-refractivity contribution in [2.45, 2.75) is 33.2 Å². The lowest BCUT2D eigenvalue weighted by molar-refractivity contribution is -0.140. The summed E-state index contributed by atoms with van der Waals surface area (Å²) in [6.07, 6.45) is 0.521. The average Bonchev–Trinajstić information content (AvgIpc) is 3.08. The summed E-state index contributed by atoms with van der Waals surface area (Å²) in [5.41, 5.74) is 1.01. The van der Waals surface area contributed by atoms with Crippen molar-refractivity contribution >= 4 is 23.4 Å². The summed E-state index contributed by atoms with van der Waals surface area (Å²) in [5, 5.41) is 11.2. The number of carbonyl (C=O) groups is 3. The van der Waals surface area contributed by atoms with Crippen molar-refractivity contribution in [2.75, 3.05) is 26.9 Å². The number of hydrogen-bond acceptors (Lipinski definition) is 7. The first-order valence-electron chi connectivity index (χ1n) is 11.5. The lowest BCUT2D eigenvalue weighted by Crippen LogP contribution is -2.31. The van der Waals surface area contributed by atoms with Crippen LogP contribution >= 0.6 is 0 Å². The number of aliphatic hydroxyl groups excluding tert-OH is 1. The number of nitrogens with zero attached hydrogens (tertiary/aromatic N) is 1. The zero-order chi connectivity index (χ0) is 25.5. The van der Waals surface area contributed by atoms with Gasteiger partial charge in [0.1, 0.15) is 17.3 Å². The summed E-state index contributed by atoms with van der Waals surface area (Å²) in [4.78, 5) is 38.7. The van der Waals surface area contributed by atoms with Gasteiger partial charge in [-0.05, 0) is 54.3 Å². The number of aliphatic hydroxyl groups is 1. The Bertz CT molecular complexity index is 1090. The first-order chi connectivity index (χ1) is 16.7. The van der Waals surface area contributed by atoms with Crippen LogP contribution in [0, 0.1) is 5.92 Å². The fourth-order valence-electron chi connectivity index (χ4n) is 3.85. The summed E-state index contributed by atoms with van der Waals surface area (Å²) in [7, 11) is 1.56. The maximum atomic E-state index is 13.1.